The van der Waals surface area contributed by atoms with Crippen molar-refractivity contribution in [1.29, 1.82) is 0 Å². The number of nitrogens with zero attached hydrogens (tertiary/aromatic N) is 1. The van der Waals surface area contributed by atoms with Crippen LogP contribution in [0.5, 0.6) is 5.95 Å². The van der Waals surface area contributed by atoms with Crippen molar-refractivity contribution in [3.8, 4) is 5.95 Å². The summed E-state index contributed by atoms with van der Waals surface area (Å²) in [5.74, 6) is -1.03. The van der Waals surface area contributed by atoms with Crippen molar-refractivity contribution in [2.45, 2.75) is 0 Å². The first-order valence-corrected chi connectivity index (χ1v) is 4.07. The Morgan fingerprint density at radius 3 is 2.60 bits per heavy atom. The van der Waals surface area contributed by atoms with Gasteiger partial charge in [-0.3, -0.25) is 9.59 Å². The maximum absolute atomic E-state index is 11.7. The predicted molar refractivity (Wildman–Crippen MR) is 46.8 cm³/mol. The van der Waals surface area contributed by atoms with Gasteiger partial charge < -0.3 is 14.0 Å². The van der Waals surface area contributed by atoms with Crippen LogP contribution in [0.4, 0.5) is 0 Å². The summed E-state index contributed by atoms with van der Waals surface area (Å²) in [7, 11) is 2.63. The van der Waals surface area contributed by atoms with E-state index < -0.39 is 11.6 Å². The van der Waals surface area contributed by atoms with Crippen LogP contribution < -0.4 is 4.74 Å². The Hall–Kier alpha value is -2.11. The Balaban J connectivity index is 2.60. The van der Waals surface area contributed by atoms with E-state index in [0.717, 1.165) is 6.08 Å². The van der Waals surface area contributed by atoms with Crippen LogP contribution in [0.15, 0.2) is 16.4 Å². The Kier molecular flexibility index (Phi) is 2.03. The van der Waals surface area contributed by atoms with Gasteiger partial charge >= 0.3 is 5.95 Å². The first-order chi connectivity index (χ1) is 7.19. The highest BCUT2D eigenvalue weighted by Gasteiger charge is 2.34. The lowest BCUT2D eigenvalue weighted by atomic mass is 10.0. The second kappa shape index (κ2) is 3.23. The van der Waals surface area contributed by atoms with Crippen molar-refractivity contribution < 1.29 is 23.6 Å². The molecule has 0 unspecified atom stereocenters. The molecule has 1 aliphatic rings. The molecule has 0 amide bonds. The molecule has 1 heterocycles. The number of allylic oxidation sites excluding steroid dienone is 2. The molecule has 1 aliphatic carbocycles. The van der Waals surface area contributed by atoms with Gasteiger partial charge in [0.05, 0.1) is 14.2 Å². The van der Waals surface area contributed by atoms with E-state index in [9.17, 15) is 9.59 Å². The zero-order valence-corrected chi connectivity index (χ0v) is 8.07. The Morgan fingerprint density at radius 2 is 2.00 bits per heavy atom. The first-order valence-electron chi connectivity index (χ1n) is 4.07. The number of hydrogen-bond acceptors (Lipinski definition) is 6. The smallest absolute Gasteiger partial charge is 0.323 e. The molecule has 1 aromatic heterocycles. The molecule has 6 nitrogen and oxygen atoms in total. The molecular weight excluding hydrogens is 202 g/mol. The van der Waals surface area contributed by atoms with Crippen LogP contribution in [0.2, 0.25) is 0 Å². The average molecular weight is 209 g/mol. The highest BCUT2D eigenvalue weighted by Crippen LogP contribution is 2.29. The quantitative estimate of drug-likeness (QED) is 0.709. The van der Waals surface area contributed by atoms with Gasteiger partial charge in [0, 0.05) is 6.08 Å². The predicted octanol–water partition coefficient (Wildman–Crippen LogP) is 0.593. The first kappa shape index (κ1) is 9.45. The third kappa shape index (κ3) is 1.22. The fourth-order valence-electron chi connectivity index (χ4n) is 1.31. The number of carbonyl (C=O) groups is 2. The highest BCUT2D eigenvalue weighted by molar-refractivity contribution is 6.23. The molecule has 0 atom stereocenters. The number of ketones is 2. The molecule has 0 spiro atoms. The van der Waals surface area contributed by atoms with Crippen molar-refractivity contribution >= 4 is 11.6 Å². The number of fused-ring (bicyclic) bond motifs is 1. The van der Waals surface area contributed by atoms with Crippen LogP contribution in [0.25, 0.3) is 0 Å². The molecule has 6 heteroatoms. The minimum atomic E-state index is -0.467. The van der Waals surface area contributed by atoms with Crippen LogP contribution in [-0.4, -0.2) is 30.9 Å². The van der Waals surface area contributed by atoms with E-state index in [4.69, 9.17) is 14.0 Å². The van der Waals surface area contributed by atoms with Gasteiger partial charge in [0.25, 0.3) is 0 Å². The summed E-state index contributed by atoms with van der Waals surface area (Å²) in [5.41, 5.74) is -0.0282. The van der Waals surface area contributed by atoms with Gasteiger partial charge in [0.1, 0.15) is 5.56 Å². The summed E-state index contributed by atoms with van der Waals surface area (Å²) in [5, 5.41) is 3.46. The van der Waals surface area contributed by atoms with Crippen LogP contribution in [0.1, 0.15) is 20.8 Å². The van der Waals surface area contributed by atoms with Gasteiger partial charge in [0.15, 0.2) is 11.5 Å². The number of hydrogen-bond donors (Lipinski definition) is 0. The topological polar surface area (TPSA) is 78.6 Å². The van der Waals surface area contributed by atoms with E-state index in [2.05, 4.69) is 5.16 Å². The van der Waals surface area contributed by atoms with Gasteiger partial charge in [-0.05, 0) is 0 Å². The van der Waals surface area contributed by atoms with Crippen molar-refractivity contribution in [2.24, 2.45) is 0 Å². The lowest BCUT2D eigenvalue weighted by Gasteiger charge is -2.08. The summed E-state index contributed by atoms with van der Waals surface area (Å²) >= 11 is 0. The van der Waals surface area contributed by atoms with Crippen LogP contribution >= 0.6 is 0 Å². The van der Waals surface area contributed by atoms with Gasteiger partial charge in [-0.25, -0.2) is 0 Å². The molecule has 1 aromatic rings. The minimum Gasteiger partial charge on any atom is -0.492 e. The van der Waals surface area contributed by atoms with Gasteiger partial charge in [-0.2, -0.15) is 0 Å². The largest absolute Gasteiger partial charge is 0.492 e. The Morgan fingerprint density at radius 1 is 1.27 bits per heavy atom. The van der Waals surface area contributed by atoms with E-state index in [1.807, 2.05) is 0 Å². The van der Waals surface area contributed by atoms with Crippen LogP contribution in [-0.2, 0) is 4.74 Å². The van der Waals surface area contributed by atoms with Crippen LogP contribution in [0, 0.1) is 0 Å². The summed E-state index contributed by atoms with van der Waals surface area (Å²) in [6.07, 6.45) is 1.08. The van der Waals surface area contributed by atoms with E-state index in [1.54, 1.807) is 0 Å². The molecule has 0 radical (unpaired) electrons. The molecule has 2 rings (SSSR count). The molecule has 15 heavy (non-hydrogen) atoms. The number of carbonyl (C=O) groups excluding carboxylic acids is 2. The number of Topliss-reactive ketones (excluding diaryl/α,β-unsaturated/α-hetero) is 1. The summed E-state index contributed by atoms with van der Waals surface area (Å²) in [6.45, 7) is 0. The molecule has 0 saturated heterocycles. The molecule has 0 aromatic carbocycles. The van der Waals surface area contributed by atoms with Crippen LogP contribution in [0.3, 0.4) is 0 Å². The van der Waals surface area contributed by atoms with E-state index in [1.165, 1.54) is 14.2 Å². The number of aromatic nitrogens is 1. The van der Waals surface area contributed by atoms with Gasteiger partial charge in [0.2, 0.25) is 11.6 Å². The van der Waals surface area contributed by atoms with Crippen molar-refractivity contribution in [1.82, 2.24) is 5.16 Å². The molecule has 0 N–H and O–H groups in total. The SMILES string of the molecule is COC1=CC(=O)c2noc(OC)c2C1=O. The van der Waals surface area contributed by atoms with E-state index in [0.29, 0.717) is 0 Å². The Labute approximate surface area is 84.4 Å². The summed E-state index contributed by atoms with van der Waals surface area (Å²) in [6, 6.07) is 0. The summed E-state index contributed by atoms with van der Waals surface area (Å²) in [4.78, 5) is 23.2. The standard InChI is InChI=1S/C9H7NO5/c1-13-5-3-4(11)7-6(8(5)12)9(14-2)15-10-7/h3H,1-2H3. The molecule has 78 valence electrons. The number of rotatable bonds is 2. The van der Waals surface area contributed by atoms with Crippen molar-refractivity contribution in [3.05, 3.63) is 23.1 Å². The zero-order chi connectivity index (χ0) is 11.0. The van der Waals surface area contributed by atoms with Gasteiger partial charge in [-0.15, -0.1) is 0 Å². The van der Waals surface area contributed by atoms with E-state index in [-0.39, 0.29) is 23.0 Å². The second-order valence-electron chi connectivity index (χ2n) is 2.80. The van der Waals surface area contributed by atoms with Gasteiger partial charge in [-0.1, -0.05) is 5.16 Å². The fourth-order valence-corrected chi connectivity index (χ4v) is 1.31. The third-order valence-electron chi connectivity index (χ3n) is 2.01. The Bertz CT molecular complexity index is 471. The normalized spacial score (nSPS) is 14.7. The average Bonchev–Trinajstić information content (AvgIpc) is 2.67. The molecule has 0 saturated carbocycles. The number of ether oxygens (including phenoxy) is 2. The lowest BCUT2D eigenvalue weighted by Crippen LogP contribution is -2.17. The molecular formula is C9H7NO5. The number of methoxy groups -OCH3 is 2. The van der Waals surface area contributed by atoms with E-state index >= 15 is 0 Å². The zero-order valence-electron chi connectivity index (χ0n) is 8.07. The fraction of sp³-hybridized carbons (Fsp3) is 0.222. The van der Waals surface area contributed by atoms with Crippen molar-refractivity contribution in [2.75, 3.05) is 14.2 Å². The molecule has 0 bridgehead atoms. The highest BCUT2D eigenvalue weighted by atomic mass is 16.6. The molecule has 0 fully saturated rings. The second-order valence-corrected chi connectivity index (χ2v) is 2.80. The summed E-state index contributed by atoms with van der Waals surface area (Å²) < 4.78 is 14.2. The van der Waals surface area contributed by atoms with Crippen molar-refractivity contribution in [3.63, 3.8) is 0 Å². The molecule has 0 aliphatic heterocycles. The third-order valence-corrected chi connectivity index (χ3v) is 2.01. The minimum absolute atomic E-state index is 0.0156. The monoisotopic (exact) mass is 209 g/mol. The maximum atomic E-state index is 11.7. The lowest BCUT2D eigenvalue weighted by molar-refractivity contribution is 0.0913. The maximum Gasteiger partial charge on any atom is 0.323 e.